The Labute approximate surface area is 140 Å². The molecule has 0 aromatic heterocycles. The summed E-state index contributed by atoms with van der Waals surface area (Å²) in [5, 5.41) is 11.8. The van der Waals surface area contributed by atoms with E-state index in [0.717, 1.165) is 24.1 Å². The van der Waals surface area contributed by atoms with Crippen molar-refractivity contribution in [1.29, 1.82) is 5.26 Å². The number of carbonyl (C=O) groups excluding carboxylic acids is 1. The summed E-state index contributed by atoms with van der Waals surface area (Å²) in [6.45, 7) is 1.97. The third-order valence-electron chi connectivity index (χ3n) is 4.15. The van der Waals surface area contributed by atoms with Crippen LogP contribution in [0.4, 0.5) is 10.1 Å². The number of rotatable bonds is 5. The van der Waals surface area contributed by atoms with Crippen molar-refractivity contribution in [1.82, 2.24) is 4.90 Å². The van der Waals surface area contributed by atoms with E-state index >= 15 is 0 Å². The number of amides is 1. The van der Waals surface area contributed by atoms with Crippen LogP contribution in [-0.4, -0.2) is 17.4 Å². The average molecular weight is 323 g/mol. The topological polar surface area (TPSA) is 56.1 Å². The highest BCUT2D eigenvalue weighted by Crippen LogP contribution is 2.18. The fourth-order valence-electron chi connectivity index (χ4n) is 2.78. The summed E-state index contributed by atoms with van der Waals surface area (Å²) in [5.74, 6) is -0.213. The van der Waals surface area contributed by atoms with Gasteiger partial charge in [-0.25, -0.2) is 4.39 Å². The fourth-order valence-corrected chi connectivity index (χ4v) is 2.78. The van der Waals surface area contributed by atoms with E-state index in [1.54, 1.807) is 12.1 Å². The van der Waals surface area contributed by atoms with Crippen LogP contribution in [0.15, 0.2) is 42.5 Å². The molecule has 0 unspecified atom stereocenters. The average Bonchev–Trinajstić information content (AvgIpc) is 3.00. The number of halogens is 1. The monoisotopic (exact) mass is 323 g/mol. The van der Waals surface area contributed by atoms with E-state index in [1.165, 1.54) is 6.07 Å². The Bertz CT molecular complexity index is 780. The fraction of sp³-hybridized carbons (Fsp3) is 0.263. The maximum Gasteiger partial charge on any atom is 0.222 e. The Morgan fingerprint density at radius 2 is 1.92 bits per heavy atom. The van der Waals surface area contributed by atoms with Gasteiger partial charge in [0, 0.05) is 26.1 Å². The van der Waals surface area contributed by atoms with Crippen molar-refractivity contribution in [2.45, 2.75) is 25.9 Å². The normalized spacial score (nSPS) is 13.8. The van der Waals surface area contributed by atoms with E-state index in [9.17, 15) is 9.18 Å². The van der Waals surface area contributed by atoms with E-state index < -0.39 is 5.82 Å². The predicted octanol–water partition coefficient (Wildman–Crippen LogP) is 3.43. The van der Waals surface area contributed by atoms with Crippen LogP contribution >= 0.6 is 0 Å². The lowest BCUT2D eigenvalue weighted by molar-refractivity contribution is -0.128. The maximum absolute atomic E-state index is 13.8. The molecule has 1 amide bonds. The highest BCUT2D eigenvalue weighted by molar-refractivity contribution is 5.78. The summed E-state index contributed by atoms with van der Waals surface area (Å²) in [6, 6.07) is 14.2. The minimum absolute atomic E-state index is 0.219. The van der Waals surface area contributed by atoms with Crippen LogP contribution in [0.1, 0.15) is 29.5 Å². The van der Waals surface area contributed by atoms with Gasteiger partial charge in [0.05, 0.1) is 17.3 Å². The Morgan fingerprint density at radius 1 is 1.17 bits per heavy atom. The molecule has 4 nitrogen and oxygen atoms in total. The van der Waals surface area contributed by atoms with E-state index in [0.29, 0.717) is 30.8 Å². The first-order valence-electron chi connectivity index (χ1n) is 7.95. The molecule has 1 fully saturated rings. The second-order valence-corrected chi connectivity index (χ2v) is 5.90. The van der Waals surface area contributed by atoms with Gasteiger partial charge in [-0.1, -0.05) is 24.3 Å². The van der Waals surface area contributed by atoms with Gasteiger partial charge in [0.15, 0.2) is 0 Å². The zero-order valence-corrected chi connectivity index (χ0v) is 13.3. The number of hydrogen-bond acceptors (Lipinski definition) is 3. The van der Waals surface area contributed by atoms with Crippen LogP contribution in [0.2, 0.25) is 0 Å². The molecule has 2 aromatic carbocycles. The van der Waals surface area contributed by atoms with Crippen molar-refractivity contribution < 1.29 is 9.18 Å². The van der Waals surface area contributed by atoms with Crippen LogP contribution in [-0.2, 0) is 17.9 Å². The summed E-state index contributed by atoms with van der Waals surface area (Å²) < 4.78 is 13.8. The highest BCUT2D eigenvalue weighted by atomic mass is 19.1. The van der Waals surface area contributed by atoms with Crippen LogP contribution in [0.3, 0.4) is 0 Å². The molecule has 0 spiro atoms. The summed E-state index contributed by atoms with van der Waals surface area (Å²) in [6.07, 6.45) is 1.59. The maximum atomic E-state index is 13.8. The van der Waals surface area contributed by atoms with Crippen LogP contribution < -0.4 is 5.32 Å². The van der Waals surface area contributed by atoms with E-state index in [1.807, 2.05) is 35.2 Å². The van der Waals surface area contributed by atoms with Gasteiger partial charge in [0.1, 0.15) is 5.82 Å². The molecular weight excluding hydrogens is 305 g/mol. The molecule has 1 aliphatic rings. The number of hydrogen-bond donors (Lipinski definition) is 1. The first-order valence-corrected chi connectivity index (χ1v) is 7.95. The van der Waals surface area contributed by atoms with Gasteiger partial charge < -0.3 is 10.2 Å². The predicted molar refractivity (Wildman–Crippen MR) is 89.5 cm³/mol. The molecule has 1 saturated heterocycles. The van der Waals surface area contributed by atoms with Gasteiger partial charge in [0.25, 0.3) is 0 Å². The molecule has 122 valence electrons. The van der Waals surface area contributed by atoms with Gasteiger partial charge in [-0.3, -0.25) is 4.79 Å². The first kappa shape index (κ1) is 16.0. The Hall–Kier alpha value is -2.87. The van der Waals surface area contributed by atoms with Gasteiger partial charge in [-0.05, 0) is 35.7 Å². The number of carbonyl (C=O) groups is 1. The van der Waals surface area contributed by atoms with E-state index in [-0.39, 0.29) is 5.91 Å². The van der Waals surface area contributed by atoms with Crippen molar-refractivity contribution in [3.63, 3.8) is 0 Å². The van der Waals surface area contributed by atoms with E-state index in [2.05, 4.69) is 5.32 Å². The largest absolute Gasteiger partial charge is 0.379 e. The van der Waals surface area contributed by atoms with Crippen LogP contribution in [0.25, 0.3) is 0 Å². The number of likely N-dealkylation sites (tertiary alicyclic amines) is 1. The molecule has 1 aliphatic heterocycles. The molecule has 1 N–H and O–H groups in total. The molecular formula is C19H18FN3O. The lowest BCUT2D eigenvalue weighted by Crippen LogP contribution is -2.23. The first-order chi connectivity index (χ1) is 11.7. The van der Waals surface area contributed by atoms with Crippen molar-refractivity contribution >= 4 is 11.6 Å². The number of anilines is 1. The minimum atomic E-state index is -0.432. The molecule has 0 aliphatic carbocycles. The number of nitrogens with zero attached hydrogens (tertiary/aromatic N) is 2. The standard InChI is InChI=1S/C19H18FN3O/c20-17-10-16(11-21)7-8-18(17)22-12-14-3-5-15(6-4-14)13-23-9-1-2-19(23)24/h3-8,10,22H,1-2,9,12-13H2. The third kappa shape index (κ3) is 3.72. The van der Waals surface area contributed by atoms with Crippen LogP contribution in [0, 0.1) is 17.1 Å². The lowest BCUT2D eigenvalue weighted by atomic mass is 10.1. The molecule has 5 heteroatoms. The van der Waals surface area contributed by atoms with Crippen molar-refractivity contribution in [3.8, 4) is 6.07 Å². The Kier molecular flexibility index (Phi) is 4.76. The molecule has 2 aromatic rings. The molecule has 3 rings (SSSR count). The van der Waals surface area contributed by atoms with Gasteiger partial charge in [-0.2, -0.15) is 5.26 Å². The quantitative estimate of drug-likeness (QED) is 0.917. The summed E-state index contributed by atoms with van der Waals surface area (Å²) in [7, 11) is 0. The molecule has 0 atom stereocenters. The minimum Gasteiger partial charge on any atom is -0.379 e. The van der Waals surface area contributed by atoms with Crippen molar-refractivity contribution in [2.24, 2.45) is 0 Å². The molecule has 0 saturated carbocycles. The number of nitrogens with one attached hydrogen (secondary N) is 1. The summed E-state index contributed by atoms with van der Waals surface area (Å²) >= 11 is 0. The third-order valence-corrected chi connectivity index (χ3v) is 4.15. The molecule has 0 radical (unpaired) electrons. The molecule has 0 bridgehead atoms. The molecule has 1 heterocycles. The number of nitriles is 1. The highest BCUT2D eigenvalue weighted by Gasteiger charge is 2.19. The lowest BCUT2D eigenvalue weighted by Gasteiger charge is -2.15. The van der Waals surface area contributed by atoms with Gasteiger partial charge in [-0.15, -0.1) is 0 Å². The summed E-state index contributed by atoms with van der Waals surface area (Å²) in [5.41, 5.74) is 2.80. The van der Waals surface area contributed by atoms with Gasteiger partial charge in [0.2, 0.25) is 5.91 Å². The smallest absolute Gasteiger partial charge is 0.222 e. The number of benzene rings is 2. The zero-order valence-electron chi connectivity index (χ0n) is 13.3. The Balaban J connectivity index is 1.58. The van der Waals surface area contributed by atoms with Gasteiger partial charge >= 0.3 is 0 Å². The van der Waals surface area contributed by atoms with E-state index in [4.69, 9.17) is 5.26 Å². The van der Waals surface area contributed by atoms with Crippen LogP contribution in [0.5, 0.6) is 0 Å². The van der Waals surface area contributed by atoms with Crippen molar-refractivity contribution in [2.75, 3.05) is 11.9 Å². The van der Waals surface area contributed by atoms with Crippen molar-refractivity contribution in [3.05, 3.63) is 65.0 Å². The molecule has 24 heavy (non-hydrogen) atoms. The second-order valence-electron chi connectivity index (χ2n) is 5.90. The second kappa shape index (κ2) is 7.14. The SMILES string of the molecule is N#Cc1ccc(NCc2ccc(CN3CCCC3=O)cc2)c(F)c1. The summed E-state index contributed by atoms with van der Waals surface area (Å²) in [4.78, 5) is 13.5. The zero-order chi connectivity index (χ0) is 16.9. The Morgan fingerprint density at radius 3 is 2.54 bits per heavy atom.